The van der Waals surface area contributed by atoms with E-state index in [1.54, 1.807) is 18.3 Å². The molecule has 0 fully saturated rings. The van der Waals surface area contributed by atoms with E-state index in [1.165, 1.54) is 12.1 Å². The molecule has 0 spiro atoms. The fourth-order valence-electron chi connectivity index (χ4n) is 3.58. The largest absolute Gasteiger partial charge is 0.454 e. The maximum atomic E-state index is 11.0. The van der Waals surface area contributed by atoms with Gasteiger partial charge in [0.2, 0.25) is 24.6 Å². The number of aromatic nitrogens is 3. The van der Waals surface area contributed by atoms with Crippen molar-refractivity contribution < 1.29 is 14.4 Å². The third kappa shape index (κ3) is 7.03. The third-order valence-corrected chi connectivity index (χ3v) is 5.58. The standard InChI is InChI=1S/C25H30N8O4/c1-3-5-13-32(14-6-4-2)25-29-23(27-19-8-10-20(11-9-19)33(34)35)28-24(30-25)31-26-16-18-7-12-21-22(15-18)37-17-36-21/h7-12,15-16H,3-6,13-14,17H2,1-2H3,(H2,27,28,29,30,31)/b26-16+. The number of nitro benzene ring substituents is 1. The molecule has 0 unspecified atom stereocenters. The number of hydrogen-bond acceptors (Lipinski definition) is 11. The number of anilines is 4. The quantitative estimate of drug-likeness (QED) is 0.183. The van der Waals surface area contributed by atoms with Crippen LogP contribution in [0.5, 0.6) is 11.5 Å². The Morgan fingerprint density at radius 2 is 1.70 bits per heavy atom. The lowest BCUT2D eigenvalue weighted by Gasteiger charge is -2.23. The first-order valence-electron chi connectivity index (χ1n) is 12.3. The highest BCUT2D eigenvalue weighted by Gasteiger charge is 2.15. The smallest absolute Gasteiger partial charge is 0.269 e. The van der Waals surface area contributed by atoms with Crippen molar-refractivity contribution in [2.75, 3.05) is 35.5 Å². The summed E-state index contributed by atoms with van der Waals surface area (Å²) >= 11 is 0. The summed E-state index contributed by atoms with van der Waals surface area (Å²) in [5.41, 5.74) is 4.34. The molecule has 0 radical (unpaired) electrons. The van der Waals surface area contributed by atoms with Gasteiger partial charge in [0.05, 0.1) is 11.1 Å². The topological polar surface area (TPSA) is 140 Å². The number of unbranched alkanes of at least 4 members (excludes halogenated alkanes) is 2. The van der Waals surface area contributed by atoms with Gasteiger partial charge in [-0.05, 0) is 48.7 Å². The van der Waals surface area contributed by atoms with E-state index < -0.39 is 4.92 Å². The fourth-order valence-corrected chi connectivity index (χ4v) is 3.58. The van der Waals surface area contributed by atoms with Crippen LogP contribution in [-0.4, -0.2) is 46.0 Å². The van der Waals surface area contributed by atoms with Gasteiger partial charge in [-0.15, -0.1) is 0 Å². The van der Waals surface area contributed by atoms with E-state index in [0.717, 1.165) is 44.3 Å². The summed E-state index contributed by atoms with van der Waals surface area (Å²) in [5, 5.41) is 18.4. The molecular formula is C25H30N8O4. The van der Waals surface area contributed by atoms with Crippen LogP contribution in [0.4, 0.5) is 29.2 Å². The first kappa shape index (κ1) is 25.6. The first-order chi connectivity index (χ1) is 18.1. The Bertz CT molecular complexity index is 1230. The number of ether oxygens (including phenoxy) is 2. The third-order valence-electron chi connectivity index (χ3n) is 5.58. The molecular weight excluding hydrogens is 476 g/mol. The van der Waals surface area contributed by atoms with Gasteiger partial charge in [-0.2, -0.15) is 20.1 Å². The van der Waals surface area contributed by atoms with Crippen LogP contribution in [-0.2, 0) is 0 Å². The fraction of sp³-hybridized carbons (Fsp3) is 0.360. The van der Waals surface area contributed by atoms with Crippen LogP contribution in [0, 0.1) is 10.1 Å². The van der Waals surface area contributed by atoms with Gasteiger partial charge < -0.3 is 19.7 Å². The molecule has 0 amide bonds. The molecule has 2 aromatic carbocycles. The highest BCUT2D eigenvalue weighted by Crippen LogP contribution is 2.32. The molecule has 0 aliphatic carbocycles. The predicted molar refractivity (Wildman–Crippen MR) is 142 cm³/mol. The molecule has 1 aliphatic heterocycles. The zero-order valence-electron chi connectivity index (χ0n) is 20.9. The van der Waals surface area contributed by atoms with Crippen LogP contribution in [0.25, 0.3) is 0 Å². The normalized spacial score (nSPS) is 12.1. The second-order valence-electron chi connectivity index (χ2n) is 8.39. The van der Waals surface area contributed by atoms with Gasteiger partial charge in [0.25, 0.3) is 5.69 Å². The molecule has 2 heterocycles. The number of nitrogens with zero attached hydrogens (tertiary/aromatic N) is 6. The van der Waals surface area contributed by atoms with Crippen molar-refractivity contribution in [2.24, 2.45) is 5.10 Å². The van der Waals surface area contributed by atoms with Crippen molar-refractivity contribution in [1.82, 2.24) is 15.0 Å². The molecule has 0 saturated heterocycles. The Balaban J connectivity index is 1.57. The molecule has 0 atom stereocenters. The minimum atomic E-state index is -0.440. The molecule has 1 aromatic heterocycles. The maximum Gasteiger partial charge on any atom is 0.269 e. The van der Waals surface area contributed by atoms with Crippen molar-refractivity contribution in [3.63, 3.8) is 0 Å². The molecule has 12 nitrogen and oxygen atoms in total. The highest BCUT2D eigenvalue weighted by atomic mass is 16.7. The number of benzene rings is 2. The van der Waals surface area contributed by atoms with E-state index >= 15 is 0 Å². The van der Waals surface area contributed by atoms with Gasteiger partial charge in [0.1, 0.15) is 0 Å². The van der Waals surface area contributed by atoms with E-state index in [4.69, 9.17) is 9.47 Å². The number of fused-ring (bicyclic) bond motifs is 1. The Morgan fingerprint density at radius 1 is 1.00 bits per heavy atom. The monoisotopic (exact) mass is 506 g/mol. The number of hydrogen-bond donors (Lipinski definition) is 2. The van der Waals surface area contributed by atoms with Crippen molar-refractivity contribution in [1.29, 1.82) is 0 Å². The zero-order chi connectivity index (χ0) is 26.0. The van der Waals surface area contributed by atoms with Crippen LogP contribution >= 0.6 is 0 Å². The summed E-state index contributed by atoms with van der Waals surface area (Å²) in [6.45, 7) is 6.13. The lowest BCUT2D eigenvalue weighted by molar-refractivity contribution is -0.384. The first-order valence-corrected chi connectivity index (χ1v) is 12.3. The van der Waals surface area contributed by atoms with E-state index in [2.05, 4.69) is 49.5 Å². The molecule has 3 aromatic rings. The van der Waals surface area contributed by atoms with Crippen LogP contribution < -0.4 is 25.1 Å². The Morgan fingerprint density at radius 3 is 2.41 bits per heavy atom. The van der Waals surface area contributed by atoms with Gasteiger partial charge in [-0.25, -0.2) is 5.43 Å². The van der Waals surface area contributed by atoms with Crippen LogP contribution in [0.2, 0.25) is 0 Å². The SMILES string of the molecule is CCCCN(CCCC)c1nc(N/N=C/c2ccc3c(c2)OCO3)nc(Nc2ccc([N+](=O)[O-])cc2)n1. The summed E-state index contributed by atoms with van der Waals surface area (Å²) in [6, 6.07) is 11.6. The minimum absolute atomic E-state index is 0.00685. The Hall–Kier alpha value is -4.48. The summed E-state index contributed by atoms with van der Waals surface area (Å²) in [7, 11) is 0. The van der Waals surface area contributed by atoms with E-state index in [0.29, 0.717) is 29.1 Å². The summed E-state index contributed by atoms with van der Waals surface area (Å²) < 4.78 is 10.8. The molecule has 1 aliphatic rings. The second-order valence-corrected chi connectivity index (χ2v) is 8.39. The molecule has 2 N–H and O–H groups in total. The lowest BCUT2D eigenvalue weighted by Crippen LogP contribution is -2.28. The molecule has 0 saturated carbocycles. The van der Waals surface area contributed by atoms with Gasteiger partial charge in [0.15, 0.2) is 11.5 Å². The molecule has 0 bridgehead atoms. The predicted octanol–water partition coefficient (Wildman–Crippen LogP) is 5.10. The van der Waals surface area contributed by atoms with Crippen LogP contribution in [0.1, 0.15) is 45.1 Å². The summed E-state index contributed by atoms with van der Waals surface area (Å²) in [5.74, 6) is 2.47. The molecule has 4 rings (SSSR count). The van der Waals surface area contributed by atoms with Crippen molar-refractivity contribution >= 4 is 35.4 Å². The Labute approximate surface area is 214 Å². The van der Waals surface area contributed by atoms with Crippen LogP contribution in [0.3, 0.4) is 0 Å². The van der Waals surface area contributed by atoms with E-state index in [9.17, 15) is 10.1 Å². The van der Waals surface area contributed by atoms with Crippen LogP contribution in [0.15, 0.2) is 47.6 Å². The van der Waals surface area contributed by atoms with E-state index in [1.807, 2.05) is 18.2 Å². The van der Waals surface area contributed by atoms with Crippen molar-refractivity contribution in [3.8, 4) is 11.5 Å². The van der Waals surface area contributed by atoms with Gasteiger partial charge in [-0.1, -0.05) is 26.7 Å². The summed E-state index contributed by atoms with van der Waals surface area (Å²) in [6.07, 6.45) is 5.75. The average molecular weight is 507 g/mol. The minimum Gasteiger partial charge on any atom is -0.454 e. The number of nitrogens with one attached hydrogen (secondary N) is 2. The highest BCUT2D eigenvalue weighted by molar-refractivity contribution is 5.81. The van der Waals surface area contributed by atoms with Gasteiger partial charge in [0, 0.05) is 30.9 Å². The maximum absolute atomic E-state index is 11.0. The molecule has 12 heteroatoms. The number of nitro groups is 1. The molecule has 194 valence electrons. The Kier molecular flexibility index (Phi) is 8.63. The number of hydrazone groups is 1. The average Bonchev–Trinajstić information content (AvgIpc) is 3.37. The van der Waals surface area contributed by atoms with Gasteiger partial charge >= 0.3 is 0 Å². The zero-order valence-corrected chi connectivity index (χ0v) is 20.9. The van der Waals surface area contributed by atoms with Crippen molar-refractivity contribution in [3.05, 3.63) is 58.1 Å². The number of rotatable bonds is 13. The van der Waals surface area contributed by atoms with Crippen molar-refractivity contribution in [2.45, 2.75) is 39.5 Å². The second kappa shape index (κ2) is 12.5. The summed E-state index contributed by atoms with van der Waals surface area (Å²) in [4.78, 5) is 26.4. The van der Waals surface area contributed by atoms with Gasteiger partial charge in [-0.3, -0.25) is 10.1 Å². The molecule has 37 heavy (non-hydrogen) atoms. The van der Waals surface area contributed by atoms with E-state index in [-0.39, 0.29) is 18.4 Å². The lowest BCUT2D eigenvalue weighted by atomic mass is 10.2. The number of non-ortho nitro benzene ring substituents is 1.